The fourth-order valence-corrected chi connectivity index (χ4v) is 4.54. The number of fused-ring (bicyclic) bond motifs is 1. The van der Waals surface area contributed by atoms with Crippen molar-refractivity contribution in [1.82, 2.24) is 9.80 Å². The summed E-state index contributed by atoms with van der Waals surface area (Å²) in [6, 6.07) is 12.9. The maximum absolute atomic E-state index is 12.7. The van der Waals surface area contributed by atoms with Gasteiger partial charge in [-0.1, -0.05) is 25.1 Å². The van der Waals surface area contributed by atoms with Crippen molar-refractivity contribution in [3.8, 4) is 5.75 Å². The number of thioether (sulfide) groups is 1. The third-order valence-electron chi connectivity index (χ3n) is 5.31. The Hall–Kier alpha value is -1.72. The Labute approximate surface area is 160 Å². The lowest BCUT2D eigenvalue weighted by Gasteiger charge is -2.37. The van der Waals surface area contributed by atoms with Crippen LogP contribution in [0.1, 0.15) is 19.4 Å². The number of benzene rings is 2. The standard InChI is InChI=1S/C21H28N2O2S/c1-15-16(2)26-10-9-23(15)14-21(24)22(3)13-17-5-6-19-12-20(25-4)8-7-18(19)11-17/h5-8,11-12,15-16H,9-10,13-14H2,1-4H3. The molecule has 1 amide bonds. The van der Waals surface area contributed by atoms with Crippen LogP contribution >= 0.6 is 11.8 Å². The van der Waals surface area contributed by atoms with Gasteiger partial charge in [0.2, 0.25) is 5.91 Å². The highest BCUT2D eigenvalue weighted by Gasteiger charge is 2.27. The second kappa shape index (κ2) is 8.31. The van der Waals surface area contributed by atoms with Gasteiger partial charge < -0.3 is 9.64 Å². The van der Waals surface area contributed by atoms with Gasteiger partial charge in [-0.15, -0.1) is 0 Å². The number of carbonyl (C=O) groups excluding carboxylic acids is 1. The van der Waals surface area contributed by atoms with Crippen molar-refractivity contribution in [2.45, 2.75) is 31.7 Å². The number of methoxy groups -OCH3 is 1. The number of hydrogen-bond acceptors (Lipinski definition) is 4. The molecule has 5 heteroatoms. The highest BCUT2D eigenvalue weighted by Crippen LogP contribution is 2.24. The molecule has 2 unspecified atom stereocenters. The van der Waals surface area contributed by atoms with Gasteiger partial charge in [-0.05, 0) is 41.5 Å². The maximum atomic E-state index is 12.7. The normalized spacial score (nSPS) is 20.9. The van der Waals surface area contributed by atoms with Crippen molar-refractivity contribution in [2.24, 2.45) is 0 Å². The van der Waals surface area contributed by atoms with Gasteiger partial charge in [-0.25, -0.2) is 0 Å². The van der Waals surface area contributed by atoms with E-state index in [1.165, 1.54) is 5.39 Å². The molecular weight excluding hydrogens is 344 g/mol. The Kier molecular flexibility index (Phi) is 6.09. The molecular formula is C21H28N2O2S. The van der Waals surface area contributed by atoms with Crippen molar-refractivity contribution in [1.29, 1.82) is 0 Å². The van der Waals surface area contributed by atoms with Gasteiger partial charge in [0.1, 0.15) is 5.75 Å². The molecule has 1 saturated heterocycles. The lowest BCUT2D eigenvalue weighted by molar-refractivity contribution is -0.132. The Morgan fingerprint density at radius 2 is 1.96 bits per heavy atom. The largest absolute Gasteiger partial charge is 0.497 e. The average molecular weight is 373 g/mol. The number of rotatable bonds is 5. The number of nitrogens with zero attached hydrogens (tertiary/aromatic N) is 2. The predicted molar refractivity (Wildman–Crippen MR) is 110 cm³/mol. The molecule has 0 saturated carbocycles. The van der Waals surface area contributed by atoms with Gasteiger partial charge in [0.25, 0.3) is 0 Å². The van der Waals surface area contributed by atoms with E-state index in [9.17, 15) is 4.79 Å². The quantitative estimate of drug-likeness (QED) is 0.802. The van der Waals surface area contributed by atoms with E-state index in [0.29, 0.717) is 24.4 Å². The zero-order valence-corrected chi connectivity index (χ0v) is 16.9. The highest BCUT2D eigenvalue weighted by molar-refractivity contribution is 8.00. The summed E-state index contributed by atoms with van der Waals surface area (Å²) in [5.41, 5.74) is 1.15. The van der Waals surface area contributed by atoms with Gasteiger partial charge >= 0.3 is 0 Å². The van der Waals surface area contributed by atoms with Crippen LogP contribution in [0.5, 0.6) is 5.75 Å². The predicted octanol–water partition coefficient (Wildman–Crippen LogP) is 3.63. The lowest BCUT2D eigenvalue weighted by atomic mass is 10.1. The summed E-state index contributed by atoms with van der Waals surface area (Å²) >= 11 is 2.00. The van der Waals surface area contributed by atoms with Crippen LogP contribution in [-0.4, -0.2) is 60.0 Å². The molecule has 2 aromatic carbocycles. The highest BCUT2D eigenvalue weighted by atomic mass is 32.2. The first kappa shape index (κ1) is 19.1. The molecule has 0 N–H and O–H groups in total. The molecule has 140 valence electrons. The Balaban J connectivity index is 1.64. The number of likely N-dealkylation sites (N-methyl/N-ethyl adjacent to an activating group) is 1. The molecule has 3 rings (SSSR count). The summed E-state index contributed by atoms with van der Waals surface area (Å²) in [6.45, 7) is 6.61. The SMILES string of the molecule is COc1ccc2cc(CN(C)C(=O)CN3CCSC(C)C3C)ccc2c1. The van der Waals surface area contributed by atoms with Crippen LogP contribution in [0.25, 0.3) is 10.8 Å². The molecule has 1 fully saturated rings. The first-order valence-corrected chi connectivity index (χ1v) is 10.2. The fourth-order valence-electron chi connectivity index (χ4n) is 3.37. The molecule has 4 nitrogen and oxygen atoms in total. The third kappa shape index (κ3) is 4.33. The van der Waals surface area contributed by atoms with E-state index < -0.39 is 0 Å². The van der Waals surface area contributed by atoms with Crippen molar-refractivity contribution in [3.05, 3.63) is 42.0 Å². The van der Waals surface area contributed by atoms with Crippen LogP contribution in [-0.2, 0) is 11.3 Å². The molecule has 2 atom stereocenters. The van der Waals surface area contributed by atoms with Gasteiger partial charge in [-0.2, -0.15) is 11.8 Å². The van der Waals surface area contributed by atoms with Gasteiger partial charge in [-0.3, -0.25) is 9.69 Å². The number of amides is 1. The summed E-state index contributed by atoms with van der Waals surface area (Å²) in [5, 5.41) is 2.90. The van der Waals surface area contributed by atoms with Gasteiger partial charge in [0.15, 0.2) is 0 Å². The molecule has 1 aliphatic heterocycles. The lowest BCUT2D eigenvalue weighted by Crippen LogP contribution is -2.49. The molecule has 26 heavy (non-hydrogen) atoms. The summed E-state index contributed by atoms with van der Waals surface area (Å²) in [4.78, 5) is 16.8. The molecule has 1 aliphatic rings. The minimum absolute atomic E-state index is 0.186. The first-order chi connectivity index (χ1) is 12.5. The van der Waals surface area contributed by atoms with E-state index in [1.807, 2.05) is 35.8 Å². The molecule has 0 aliphatic carbocycles. The summed E-state index contributed by atoms with van der Waals surface area (Å²) in [5.74, 6) is 2.16. The van der Waals surface area contributed by atoms with Crippen LogP contribution in [0, 0.1) is 0 Å². The zero-order chi connectivity index (χ0) is 18.7. The Morgan fingerprint density at radius 1 is 1.23 bits per heavy atom. The summed E-state index contributed by atoms with van der Waals surface area (Å²) < 4.78 is 5.28. The van der Waals surface area contributed by atoms with E-state index in [4.69, 9.17) is 4.74 Å². The second-order valence-electron chi connectivity index (χ2n) is 7.08. The van der Waals surface area contributed by atoms with Crippen LogP contribution in [0.3, 0.4) is 0 Å². The summed E-state index contributed by atoms with van der Waals surface area (Å²) in [7, 11) is 3.58. The first-order valence-electron chi connectivity index (χ1n) is 9.14. The van der Waals surface area contributed by atoms with Gasteiger partial charge in [0.05, 0.1) is 13.7 Å². The van der Waals surface area contributed by atoms with Gasteiger partial charge in [0, 0.05) is 37.2 Å². The van der Waals surface area contributed by atoms with E-state index in [0.717, 1.165) is 29.0 Å². The molecule has 1 heterocycles. The molecule has 0 radical (unpaired) electrons. The Morgan fingerprint density at radius 3 is 2.73 bits per heavy atom. The van der Waals surface area contributed by atoms with E-state index in [1.54, 1.807) is 7.11 Å². The van der Waals surface area contributed by atoms with Crippen molar-refractivity contribution >= 4 is 28.4 Å². The maximum Gasteiger partial charge on any atom is 0.236 e. The molecule has 0 bridgehead atoms. The van der Waals surface area contributed by atoms with E-state index in [2.05, 4.69) is 43.0 Å². The van der Waals surface area contributed by atoms with Crippen LogP contribution in [0.4, 0.5) is 0 Å². The minimum atomic E-state index is 0.186. The van der Waals surface area contributed by atoms with Crippen LogP contribution < -0.4 is 4.74 Å². The van der Waals surface area contributed by atoms with E-state index >= 15 is 0 Å². The molecule has 0 spiro atoms. The number of ether oxygens (including phenoxy) is 1. The van der Waals surface area contributed by atoms with Crippen molar-refractivity contribution in [2.75, 3.05) is 33.0 Å². The average Bonchev–Trinajstić information content (AvgIpc) is 2.64. The third-order valence-corrected chi connectivity index (χ3v) is 6.65. The van der Waals surface area contributed by atoms with Crippen molar-refractivity contribution < 1.29 is 9.53 Å². The number of hydrogen-bond donors (Lipinski definition) is 0. The van der Waals surface area contributed by atoms with Crippen LogP contribution in [0.2, 0.25) is 0 Å². The van der Waals surface area contributed by atoms with Crippen molar-refractivity contribution in [3.63, 3.8) is 0 Å². The fraction of sp³-hybridized carbons (Fsp3) is 0.476. The van der Waals surface area contributed by atoms with E-state index in [-0.39, 0.29) is 5.91 Å². The summed E-state index contributed by atoms with van der Waals surface area (Å²) in [6.07, 6.45) is 0. The molecule has 2 aromatic rings. The second-order valence-corrected chi connectivity index (χ2v) is 8.57. The topological polar surface area (TPSA) is 32.8 Å². The smallest absolute Gasteiger partial charge is 0.236 e. The Bertz CT molecular complexity index is 780. The minimum Gasteiger partial charge on any atom is -0.497 e. The van der Waals surface area contributed by atoms with Crippen LogP contribution in [0.15, 0.2) is 36.4 Å². The molecule has 0 aromatic heterocycles. The number of carbonyl (C=O) groups is 1. The zero-order valence-electron chi connectivity index (χ0n) is 16.1. The monoisotopic (exact) mass is 372 g/mol.